The molecule has 0 aliphatic carbocycles. The van der Waals surface area contributed by atoms with Crippen LogP contribution in [0.4, 0.5) is 5.69 Å². The minimum atomic E-state index is -1.23. The van der Waals surface area contributed by atoms with Crippen molar-refractivity contribution in [1.82, 2.24) is 4.72 Å². The third kappa shape index (κ3) is 4.33. The fourth-order valence-electron chi connectivity index (χ4n) is 2.17. The molecule has 0 heterocycles. The Kier molecular flexibility index (Phi) is 5.44. The second-order valence-electron chi connectivity index (χ2n) is 6.34. The Morgan fingerprint density at radius 2 is 1.78 bits per heavy atom. The Morgan fingerprint density at radius 3 is 2.35 bits per heavy atom. The van der Waals surface area contributed by atoms with Crippen molar-refractivity contribution in [2.75, 3.05) is 12.8 Å². The van der Waals surface area contributed by atoms with Gasteiger partial charge in [0, 0.05) is 11.3 Å². The normalized spacial score (nSPS) is 14.3. The fraction of sp³-hybridized carbons (Fsp3) is 0.333. The molecular weight excluding hydrogens is 308 g/mol. The maximum Gasteiger partial charge on any atom is 0.119 e. The first-order valence-corrected chi connectivity index (χ1v) is 8.64. The summed E-state index contributed by atoms with van der Waals surface area (Å²) in [4.78, 5) is 0. The van der Waals surface area contributed by atoms with E-state index >= 15 is 0 Å². The minimum absolute atomic E-state index is 0.272. The summed E-state index contributed by atoms with van der Waals surface area (Å²) >= 11 is 0. The summed E-state index contributed by atoms with van der Waals surface area (Å²) in [6.07, 6.45) is 0. The van der Waals surface area contributed by atoms with Crippen molar-refractivity contribution >= 4 is 16.7 Å². The molecule has 0 saturated heterocycles. The summed E-state index contributed by atoms with van der Waals surface area (Å²) in [5, 5.41) is 0. The highest BCUT2D eigenvalue weighted by Gasteiger charge is 2.26. The maximum atomic E-state index is 12.6. The highest BCUT2D eigenvalue weighted by atomic mass is 32.2. The quantitative estimate of drug-likeness (QED) is 0.825. The predicted octanol–water partition coefficient (Wildman–Crippen LogP) is 3.42. The first-order valence-electron chi connectivity index (χ1n) is 7.49. The molecule has 0 aromatic heterocycles. The van der Waals surface area contributed by atoms with Gasteiger partial charge in [-0.2, -0.15) is 0 Å². The third-order valence-electron chi connectivity index (χ3n) is 3.52. The van der Waals surface area contributed by atoms with Crippen LogP contribution in [0.25, 0.3) is 0 Å². The van der Waals surface area contributed by atoms with Gasteiger partial charge in [0.25, 0.3) is 0 Å². The molecule has 2 rings (SSSR count). The lowest BCUT2D eigenvalue weighted by molar-refractivity contribution is 0.414. The number of anilines is 1. The number of hydrogen-bond donors (Lipinski definition) is 2. The Hall–Kier alpha value is -1.85. The Labute approximate surface area is 140 Å². The van der Waals surface area contributed by atoms with Crippen LogP contribution in [0.1, 0.15) is 37.9 Å². The van der Waals surface area contributed by atoms with Gasteiger partial charge in [-0.1, -0.05) is 30.3 Å². The van der Waals surface area contributed by atoms with Crippen LogP contribution in [0.15, 0.2) is 48.5 Å². The number of benzene rings is 2. The van der Waals surface area contributed by atoms with Gasteiger partial charge in [0.1, 0.15) is 5.75 Å². The van der Waals surface area contributed by atoms with E-state index < -0.39 is 11.0 Å². The minimum Gasteiger partial charge on any atom is -0.497 e. The maximum absolute atomic E-state index is 12.6. The number of hydrogen-bond acceptors (Lipinski definition) is 3. The summed E-state index contributed by atoms with van der Waals surface area (Å²) in [5.41, 5.74) is 8.67. The number of nitrogen functional groups attached to an aromatic ring is 1. The van der Waals surface area contributed by atoms with Gasteiger partial charge < -0.3 is 10.5 Å². The van der Waals surface area contributed by atoms with Gasteiger partial charge in [-0.15, -0.1) is 0 Å². The molecule has 0 unspecified atom stereocenters. The lowest BCUT2D eigenvalue weighted by Gasteiger charge is -2.26. The van der Waals surface area contributed by atoms with Crippen molar-refractivity contribution in [1.29, 1.82) is 0 Å². The van der Waals surface area contributed by atoms with Crippen LogP contribution in [-0.4, -0.2) is 16.1 Å². The standard InChI is InChI=1S/C18H24N2O2S/c1-18(2,3)23(21)20-17(13-8-6-5-7-9-13)15-12-14(22-4)10-11-16(15)19/h5-12,17,20H,19H2,1-4H3/t17-,23-/m1/s1. The van der Waals surface area contributed by atoms with Gasteiger partial charge in [-0.3, -0.25) is 0 Å². The van der Waals surface area contributed by atoms with Crippen LogP contribution in [0, 0.1) is 0 Å². The molecule has 23 heavy (non-hydrogen) atoms. The molecule has 0 amide bonds. The lowest BCUT2D eigenvalue weighted by Crippen LogP contribution is -2.36. The molecule has 0 aliphatic heterocycles. The zero-order valence-electron chi connectivity index (χ0n) is 14.0. The van der Waals surface area contributed by atoms with Crippen LogP contribution < -0.4 is 15.2 Å². The first kappa shape index (κ1) is 17.5. The van der Waals surface area contributed by atoms with Crippen molar-refractivity contribution in [2.24, 2.45) is 0 Å². The zero-order chi connectivity index (χ0) is 17.0. The van der Waals surface area contributed by atoms with Crippen LogP contribution in [0.2, 0.25) is 0 Å². The summed E-state index contributed by atoms with van der Waals surface area (Å²) in [5.74, 6) is 0.721. The molecule has 2 aromatic carbocycles. The average Bonchev–Trinajstić information content (AvgIpc) is 2.53. The Morgan fingerprint density at radius 1 is 1.13 bits per heavy atom. The molecular formula is C18H24N2O2S. The molecule has 2 aromatic rings. The second-order valence-corrected chi connectivity index (χ2v) is 8.34. The van der Waals surface area contributed by atoms with E-state index in [1.165, 1.54) is 0 Å². The summed E-state index contributed by atoms with van der Waals surface area (Å²) in [6, 6.07) is 15.1. The van der Waals surface area contributed by atoms with Gasteiger partial charge in [0.05, 0.1) is 28.9 Å². The van der Waals surface area contributed by atoms with Gasteiger partial charge in [-0.05, 0) is 44.5 Å². The molecule has 5 heteroatoms. The molecule has 0 radical (unpaired) electrons. The van der Waals surface area contributed by atoms with E-state index in [2.05, 4.69) is 4.72 Å². The van der Waals surface area contributed by atoms with Crippen molar-refractivity contribution in [3.8, 4) is 5.75 Å². The van der Waals surface area contributed by atoms with Crippen molar-refractivity contribution in [2.45, 2.75) is 31.6 Å². The molecule has 0 aliphatic rings. The Bertz CT molecular complexity index is 681. The average molecular weight is 332 g/mol. The highest BCUT2D eigenvalue weighted by Crippen LogP contribution is 2.31. The van der Waals surface area contributed by atoms with Gasteiger partial charge in [0.15, 0.2) is 0 Å². The van der Waals surface area contributed by atoms with Crippen LogP contribution in [-0.2, 0) is 11.0 Å². The van der Waals surface area contributed by atoms with E-state index in [0.717, 1.165) is 16.9 Å². The Balaban J connectivity index is 2.48. The van der Waals surface area contributed by atoms with Crippen molar-refractivity contribution < 1.29 is 8.95 Å². The van der Waals surface area contributed by atoms with Crippen molar-refractivity contribution in [3.05, 3.63) is 59.7 Å². The molecule has 0 spiro atoms. The number of ether oxygens (including phenoxy) is 1. The van der Waals surface area contributed by atoms with E-state index in [9.17, 15) is 4.21 Å². The van der Waals surface area contributed by atoms with Crippen LogP contribution in [0.5, 0.6) is 5.75 Å². The SMILES string of the molecule is COc1ccc(N)c([C@H](N[S@](=O)C(C)(C)C)c2ccccc2)c1. The van der Waals surface area contributed by atoms with Crippen LogP contribution in [0.3, 0.4) is 0 Å². The summed E-state index contributed by atoms with van der Waals surface area (Å²) < 4.78 is 20.8. The van der Waals surface area contributed by atoms with E-state index in [1.807, 2.05) is 69.3 Å². The molecule has 3 N–H and O–H groups in total. The molecule has 2 atom stereocenters. The van der Waals surface area contributed by atoms with E-state index in [-0.39, 0.29) is 10.8 Å². The predicted molar refractivity (Wildman–Crippen MR) is 96.7 cm³/mol. The monoisotopic (exact) mass is 332 g/mol. The van der Waals surface area contributed by atoms with Gasteiger partial charge in [-0.25, -0.2) is 8.93 Å². The summed E-state index contributed by atoms with van der Waals surface area (Å²) in [7, 11) is 0.387. The molecule has 0 saturated carbocycles. The molecule has 124 valence electrons. The highest BCUT2D eigenvalue weighted by molar-refractivity contribution is 7.84. The number of nitrogens with two attached hydrogens (primary N) is 1. The third-order valence-corrected chi connectivity index (χ3v) is 5.08. The van der Waals surface area contributed by atoms with Crippen LogP contribution >= 0.6 is 0 Å². The number of methoxy groups -OCH3 is 1. The fourth-order valence-corrected chi connectivity index (χ4v) is 3.00. The number of nitrogens with one attached hydrogen (secondary N) is 1. The summed E-state index contributed by atoms with van der Waals surface area (Å²) in [6.45, 7) is 5.81. The van der Waals surface area contributed by atoms with Crippen molar-refractivity contribution in [3.63, 3.8) is 0 Å². The first-order chi connectivity index (χ1) is 10.8. The molecule has 4 nitrogen and oxygen atoms in total. The molecule has 0 bridgehead atoms. The van der Waals surface area contributed by atoms with E-state index in [0.29, 0.717) is 5.69 Å². The van der Waals surface area contributed by atoms with Gasteiger partial charge in [0.2, 0.25) is 0 Å². The van der Waals surface area contributed by atoms with Gasteiger partial charge >= 0.3 is 0 Å². The second kappa shape index (κ2) is 7.15. The lowest BCUT2D eigenvalue weighted by atomic mass is 9.98. The van der Waals surface area contributed by atoms with E-state index in [1.54, 1.807) is 7.11 Å². The smallest absolute Gasteiger partial charge is 0.119 e. The molecule has 0 fully saturated rings. The number of rotatable bonds is 5. The van der Waals surface area contributed by atoms with E-state index in [4.69, 9.17) is 10.5 Å². The zero-order valence-corrected chi connectivity index (χ0v) is 14.8. The topological polar surface area (TPSA) is 64.3 Å². The largest absolute Gasteiger partial charge is 0.497 e.